The largest absolute Gasteiger partial charge is 0.379 e. The lowest BCUT2D eigenvalue weighted by Crippen LogP contribution is -2.41. The van der Waals surface area contributed by atoms with Crippen molar-refractivity contribution in [1.29, 1.82) is 0 Å². The molecule has 0 aromatic carbocycles. The van der Waals surface area contributed by atoms with Crippen LogP contribution in [-0.4, -0.2) is 35.8 Å². The molecule has 5 heteroatoms. The van der Waals surface area contributed by atoms with E-state index in [4.69, 9.17) is 4.74 Å². The molecule has 1 unspecified atom stereocenters. The van der Waals surface area contributed by atoms with Gasteiger partial charge in [0.25, 0.3) is 0 Å². The number of aromatic amines is 1. The van der Waals surface area contributed by atoms with Gasteiger partial charge in [-0.05, 0) is 18.6 Å². The summed E-state index contributed by atoms with van der Waals surface area (Å²) in [6.07, 6.45) is 4.04. The minimum Gasteiger partial charge on any atom is -0.379 e. The molecule has 1 fully saturated rings. The molecule has 0 aliphatic carbocycles. The first-order chi connectivity index (χ1) is 8.92. The van der Waals surface area contributed by atoms with Crippen LogP contribution in [0, 0.1) is 0 Å². The summed E-state index contributed by atoms with van der Waals surface area (Å²) in [5.41, 5.74) is 2.14. The van der Waals surface area contributed by atoms with E-state index in [9.17, 15) is 0 Å². The van der Waals surface area contributed by atoms with Crippen molar-refractivity contribution in [1.82, 2.24) is 15.3 Å². The number of H-pyrrole nitrogens is 1. The quantitative estimate of drug-likeness (QED) is 0.887. The highest BCUT2D eigenvalue weighted by atomic mass is 32.1. The third-order valence-corrected chi connectivity index (χ3v) is 4.04. The highest BCUT2D eigenvalue weighted by Gasteiger charge is 2.13. The van der Waals surface area contributed by atoms with Gasteiger partial charge in [0.15, 0.2) is 0 Å². The maximum absolute atomic E-state index is 5.45. The Balaban J connectivity index is 1.57. The average Bonchev–Trinajstić information content (AvgIpc) is 3.08. The highest BCUT2D eigenvalue weighted by Crippen LogP contribution is 2.21. The third-order valence-electron chi connectivity index (χ3n) is 3.13. The molecule has 0 bridgehead atoms. The zero-order valence-corrected chi connectivity index (χ0v) is 11.0. The van der Waals surface area contributed by atoms with E-state index < -0.39 is 0 Å². The van der Waals surface area contributed by atoms with Gasteiger partial charge < -0.3 is 15.0 Å². The number of thiazole rings is 1. The Morgan fingerprint density at radius 1 is 1.50 bits per heavy atom. The lowest BCUT2D eigenvalue weighted by molar-refractivity contribution is 0.0743. The Labute approximate surface area is 110 Å². The molecule has 1 atom stereocenters. The molecule has 3 rings (SSSR count). The predicted octanol–water partition coefficient (Wildman–Crippen LogP) is 2.06. The van der Waals surface area contributed by atoms with E-state index in [2.05, 4.69) is 26.7 Å². The smallest absolute Gasteiger partial charge is 0.0976 e. The summed E-state index contributed by atoms with van der Waals surface area (Å²) < 4.78 is 5.45. The van der Waals surface area contributed by atoms with Crippen LogP contribution in [0.3, 0.4) is 0 Å². The van der Waals surface area contributed by atoms with Crippen molar-refractivity contribution in [2.75, 3.05) is 19.8 Å². The first-order valence-electron chi connectivity index (χ1n) is 6.31. The molecule has 18 heavy (non-hydrogen) atoms. The van der Waals surface area contributed by atoms with Crippen molar-refractivity contribution < 1.29 is 4.74 Å². The summed E-state index contributed by atoms with van der Waals surface area (Å²) >= 11 is 1.74. The standard InChI is InChI=1S/C13H17N3OS/c1-2-11(15-5-1)12-9-18-13(16-12)4-3-10-8-17-7-6-14-10/h1-2,5,9-10,14-15H,3-4,6-8H2. The van der Waals surface area contributed by atoms with Crippen LogP contribution in [-0.2, 0) is 11.2 Å². The monoisotopic (exact) mass is 263 g/mol. The molecule has 0 saturated carbocycles. The Bertz CT molecular complexity index is 474. The summed E-state index contributed by atoms with van der Waals surface area (Å²) in [6, 6.07) is 4.53. The Kier molecular flexibility index (Phi) is 3.73. The van der Waals surface area contributed by atoms with E-state index in [0.29, 0.717) is 6.04 Å². The third kappa shape index (κ3) is 2.80. The molecular weight excluding hydrogens is 246 g/mol. The fourth-order valence-electron chi connectivity index (χ4n) is 2.14. The molecular formula is C13H17N3OS. The van der Waals surface area contributed by atoms with Crippen LogP contribution >= 0.6 is 11.3 Å². The normalized spacial score (nSPS) is 20.1. The average molecular weight is 263 g/mol. The molecule has 1 aliphatic heterocycles. The Morgan fingerprint density at radius 2 is 2.50 bits per heavy atom. The van der Waals surface area contributed by atoms with E-state index in [1.165, 1.54) is 5.01 Å². The fraction of sp³-hybridized carbons (Fsp3) is 0.462. The molecule has 0 amide bonds. The van der Waals surface area contributed by atoms with Gasteiger partial charge in [0.05, 0.1) is 29.6 Å². The number of aryl methyl sites for hydroxylation is 1. The number of hydrogen-bond acceptors (Lipinski definition) is 4. The molecule has 1 saturated heterocycles. The molecule has 2 aromatic rings. The van der Waals surface area contributed by atoms with Crippen molar-refractivity contribution >= 4 is 11.3 Å². The van der Waals surface area contributed by atoms with E-state index in [1.54, 1.807) is 11.3 Å². The van der Waals surface area contributed by atoms with Crippen molar-refractivity contribution in [3.63, 3.8) is 0 Å². The van der Waals surface area contributed by atoms with E-state index >= 15 is 0 Å². The Hall–Kier alpha value is -1.17. The van der Waals surface area contributed by atoms with E-state index in [-0.39, 0.29) is 0 Å². The zero-order valence-electron chi connectivity index (χ0n) is 10.2. The van der Waals surface area contributed by atoms with Gasteiger partial charge in [-0.2, -0.15) is 0 Å². The summed E-state index contributed by atoms with van der Waals surface area (Å²) in [5, 5.41) is 6.79. The van der Waals surface area contributed by atoms with Gasteiger partial charge in [0.2, 0.25) is 0 Å². The summed E-state index contributed by atoms with van der Waals surface area (Å²) in [4.78, 5) is 7.84. The summed E-state index contributed by atoms with van der Waals surface area (Å²) in [5.74, 6) is 0. The van der Waals surface area contributed by atoms with Gasteiger partial charge in [-0.25, -0.2) is 4.98 Å². The van der Waals surface area contributed by atoms with Crippen molar-refractivity contribution in [3.05, 3.63) is 28.7 Å². The van der Waals surface area contributed by atoms with Gasteiger partial charge in [-0.1, -0.05) is 0 Å². The van der Waals surface area contributed by atoms with Gasteiger partial charge in [-0.3, -0.25) is 0 Å². The Morgan fingerprint density at radius 3 is 3.28 bits per heavy atom. The molecule has 4 nitrogen and oxygen atoms in total. The van der Waals surface area contributed by atoms with Crippen LogP contribution in [0.4, 0.5) is 0 Å². The van der Waals surface area contributed by atoms with Crippen LogP contribution in [0.1, 0.15) is 11.4 Å². The molecule has 0 radical (unpaired) electrons. The van der Waals surface area contributed by atoms with Crippen LogP contribution in [0.15, 0.2) is 23.7 Å². The maximum atomic E-state index is 5.45. The lowest BCUT2D eigenvalue weighted by atomic mass is 10.1. The number of nitrogens with one attached hydrogen (secondary N) is 2. The van der Waals surface area contributed by atoms with Crippen molar-refractivity contribution in [2.24, 2.45) is 0 Å². The minimum atomic E-state index is 0.483. The lowest BCUT2D eigenvalue weighted by Gasteiger charge is -2.23. The SMILES string of the molecule is c1c[nH]c(-c2csc(CCC3COCCN3)n2)c1. The maximum Gasteiger partial charge on any atom is 0.0976 e. The highest BCUT2D eigenvalue weighted by molar-refractivity contribution is 7.09. The molecule has 0 spiro atoms. The molecule has 1 aliphatic rings. The van der Waals surface area contributed by atoms with Gasteiger partial charge >= 0.3 is 0 Å². The minimum absolute atomic E-state index is 0.483. The van der Waals surface area contributed by atoms with Crippen molar-refractivity contribution in [2.45, 2.75) is 18.9 Å². The predicted molar refractivity (Wildman–Crippen MR) is 72.8 cm³/mol. The number of rotatable bonds is 4. The topological polar surface area (TPSA) is 49.9 Å². The van der Waals surface area contributed by atoms with Crippen LogP contribution in [0.5, 0.6) is 0 Å². The van der Waals surface area contributed by atoms with E-state index in [1.807, 2.05) is 12.3 Å². The van der Waals surface area contributed by atoms with E-state index in [0.717, 1.165) is 44.0 Å². The van der Waals surface area contributed by atoms with Gasteiger partial charge in [0, 0.05) is 30.6 Å². The molecule has 2 aromatic heterocycles. The van der Waals surface area contributed by atoms with Crippen LogP contribution < -0.4 is 5.32 Å². The number of ether oxygens (including phenoxy) is 1. The zero-order chi connectivity index (χ0) is 12.2. The van der Waals surface area contributed by atoms with Crippen molar-refractivity contribution in [3.8, 4) is 11.4 Å². The molecule has 2 N–H and O–H groups in total. The second-order valence-corrected chi connectivity index (χ2v) is 5.42. The second-order valence-electron chi connectivity index (χ2n) is 4.47. The number of aromatic nitrogens is 2. The van der Waals surface area contributed by atoms with Crippen LogP contribution in [0.25, 0.3) is 11.4 Å². The first kappa shape index (κ1) is 11.9. The number of morpholine rings is 1. The molecule has 96 valence electrons. The van der Waals surface area contributed by atoms with Gasteiger partial charge in [-0.15, -0.1) is 11.3 Å². The summed E-state index contributed by atoms with van der Waals surface area (Å²) in [6.45, 7) is 2.63. The summed E-state index contributed by atoms with van der Waals surface area (Å²) in [7, 11) is 0. The number of hydrogen-bond donors (Lipinski definition) is 2. The first-order valence-corrected chi connectivity index (χ1v) is 7.19. The van der Waals surface area contributed by atoms with Crippen LogP contribution in [0.2, 0.25) is 0 Å². The molecule has 3 heterocycles. The second kappa shape index (κ2) is 5.65. The fourth-order valence-corrected chi connectivity index (χ4v) is 2.96. The van der Waals surface area contributed by atoms with Gasteiger partial charge in [0.1, 0.15) is 0 Å². The number of nitrogens with zero attached hydrogens (tertiary/aromatic N) is 1.